The summed E-state index contributed by atoms with van der Waals surface area (Å²) < 4.78 is 1.32. The van der Waals surface area contributed by atoms with Crippen LogP contribution in [-0.4, -0.2) is 54.7 Å². The highest BCUT2D eigenvalue weighted by Crippen LogP contribution is 2.33. The SMILES string of the molecule is CC(O)(c1ccccc1)c1cn(-c2cccc3c2C(=O)N(C2CCC(=O)NC2=O)C3=O)nn1. The van der Waals surface area contributed by atoms with Crippen LogP contribution in [-0.2, 0) is 15.2 Å². The highest BCUT2D eigenvalue weighted by Gasteiger charge is 2.46. The largest absolute Gasteiger partial charge is 0.379 e. The summed E-state index contributed by atoms with van der Waals surface area (Å²) >= 11 is 0. The van der Waals surface area contributed by atoms with Gasteiger partial charge in [-0.3, -0.25) is 29.4 Å². The second-order valence-corrected chi connectivity index (χ2v) is 8.13. The molecular weight excluding hydrogens is 426 g/mol. The molecule has 2 N–H and O–H groups in total. The molecule has 5 rings (SSSR count). The molecule has 10 heteroatoms. The lowest BCUT2D eigenvalue weighted by Gasteiger charge is -2.27. The van der Waals surface area contributed by atoms with Crippen molar-refractivity contribution >= 4 is 23.6 Å². The van der Waals surface area contributed by atoms with Gasteiger partial charge < -0.3 is 5.11 Å². The van der Waals surface area contributed by atoms with E-state index in [2.05, 4.69) is 15.6 Å². The minimum absolute atomic E-state index is 0.0394. The lowest BCUT2D eigenvalue weighted by atomic mass is 9.93. The monoisotopic (exact) mass is 445 g/mol. The lowest BCUT2D eigenvalue weighted by Crippen LogP contribution is -2.54. The van der Waals surface area contributed by atoms with Crippen LogP contribution < -0.4 is 5.32 Å². The summed E-state index contributed by atoms with van der Waals surface area (Å²) in [6.07, 6.45) is 1.60. The van der Waals surface area contributed by atoms with E-state index in [1.165, 1.54) is 16.9 Å². The van der Waals surface area contributed by atoms with Crippen molar-refractivity contribution < 1.29 is 24.3 Å². The van der Waals surface area contributed by atoms with E-state index in [1.54, 1.807) is 43.3 Å². The van der Waals surface area contributed by atoms with E-state index < -0.39 is 35.3 Å². The zero-order valence-electron chi connectivity index (χ0n) is 17.6. The molecule has 0 spiro atoms. The second kappa shape index (κ2) is 7.45. The van der Waals surface area contributed by atoms with Crippen LogP contribution in [0.15, 0.2) is 54.7 Å². The highest BCUT2D eigenvalue weighted by atomic mass is 16.3. The first-order chi connectivity index (χ1) is 15.8. The number of nitrogens with zero attached hydrogens (tertiary/aromatic N) is 4. The Morgan fingerprint density at radius 1 is 1.03 bits per heavy atom. The van der Waals surface area contributed by atoms with Gasteiger partial charge in [0.2, 0.25) is 11.8 Å². The van der Waals surface area contributed by atoms with E-state index in [4.69, 9.17) is 0 Å². The number of carbonyl (C=O) groups excluding carboxylic acids is 4. The van der Waals surface area contributed by atoms with Gasteiger partial charge in [-0.2, -0.15) is 0 Å². The average Bonchev–Trinajstić information content (AvgIpc) is 3.40. The van der Waals surface area contributed by atoms with Gasteiger partial charge >= 0.3 is 0 Å². The van der Waals surface area contributed by atoms with Crippen molar-refractivity contribution in [2.24, 2.45) is 0 Å². The topological polar surface area (TPSA) is 134 Å². The van der Waals surface area contributed by atoms with Gasteiger partial charge in [-0.25, -0.2) is 4.68 Å². The number of benzene rings is 2. The van der Waals surface area contributed by atoms with Gasteiger partial charge in [0.1, 0.15) is 17.3 Å². The van der Waals surface area contributed by atoms with Gasteiger partial charge in [0.05, 0.1) is 23.0 Å². The fourth-order valence-electron chi connectivity index (χ4n) is 4.20. The fraction of sp³-hybridized carbons (Fsp3) is 0.217. The molecule has 0 saturated carbocycles. The molecule has 0 bridgehead atoms. The van der Waals surface area contributed by atoms with Crippen molar-refractivity contribution in [2.75, 3.05) is 0 Å². The van der Waals surface area contributed by atoms with Crippen LogP contribution in [0.3, 0.4) is 0 Å². The molecule has 2 aromatic carbocycles. The first kappa shape index (κ1) is 20.7. The van der Waals surface area contributed by atoms with Crippen molar-refractivity contribution in [3.63, 3.8) is 0 Å². The number of hydrogen-bond acceptors (Lipinski definition) is 7. The molecule has 10 nitrogen and oxygen atoms in total. The third-order valence-electron chi connectivity index (χ3n) is 6.02. The molecule has 2 aliphatic rings. The Bertz CT molecular complexity index is 1310. The van der Waals surface area contributed by atoms with Crippen LogP contribution in [0, 0.1) is 0 Å². The first-order valence-electron chi connectivity index (χ1n) is 10.3. The van der Waals surface area contributed by atoms with Crippen LogP contribution in [0.5, 0.6) is 0 Å². The van der Waals surface area contributed by atoms with E-state index in [0.29, 0.717) is 11.3 Å². The Balaban J connectivity index is 1.52. The molecule has 3 aromatic rings. The van der Waals surface area contributed by atoms with Gasteiger partial charge in [0.25, 0.3) is 11.8 Å². The number of hydrogen-bond donors (Lipinski definition) is 2. The van der Waals surface area contributed by atoms with E-state index in [9.17, 15) is 24.3 Å². The molecule has 3 heterocycles. The number of fused-ring (bicyclic) bond motifs is 1. The third kappa shape index (κ3) is 3.23. The summed E-state index contributed by atoms with van der Waals surface area (Å²) in [5, 5.41) is 21.4. The molecule has 2 unspecified atom stereocenters. The molecule has 1 aromatic heterocycles. The molecule has 2 atom stereocenters. The molecule has 2 aliphatic heterocycles. The van der Waals surface area contributed by atoms with Crippen molar-refractivity contribution in [3.05, 3.63) is 77.1 Å². The van der Waals surface area contributed by atoms with Crippen LogP contribution in [0.2, 0.25) is 0 Å². The Morgan fingerprint density at radius 3 is 2.52 bits per heavy atom. The molecule has 4 amide bonds. The number of aliphatic hydroxyl groups is 1. The standard InChI is InChI=1S/C23H19N5O5/c1-23(33,13-6-3-2-4-7-13)17-12-27(26-25-17)15-9-5-8-14-19(15)22(32)28(21(14)31)16-10-11-18(29)24-20(16)30/h2-9,12,16,33H,10-11H2,1H3,(H,24,29,30). The van der Waals surface area contributed by atoms with Gasteiger partial charge in [-0.1, -0.05) is 41.6 Å². The maximum atomic E-state index is 13.3. The molecule has 0 radical (unpaired) electrons. The maximum Gasteiger partial charge on any atom is 0.264 e. The number of rotatable bonds is 4. The van der Waals surface area contributed by atoms with Crippen LogP contribution in [0.4, 0.5) is 0 Å². The summed E-state index contributed by atoms with van der Waals surface area (Å²) in [6.45, 7) is 1.59. The number of nitrogens with one attached hydrogen (secondary N) is 1. The molecule has 166 valence electrons. The second-order valence-electron chi connectivity index (χ2n) is 8.13. The number of amides is 4. The molecular formula is C23H19N5O5. The van der Waals surface area contributed by atoms with Crippen molar-refractivity contribution in [1.82, 2.24) is 25.2 Å². The minimum Gasteiger partial charge on any atom is -0.379 e. The van der Waals surface area contributed by atoms with E-state index in [0.717, 1.165) is 4.90 Å². The Kier molecular flexibility index (Phi) is 4.68. The smallest absolute Gasteiger partial charge is 0.264 e. The van der Waals surface area contributed by atoms with Crippen molar-refractivity contribution in [1.29, 1.82) is 0 Å². The summed E-state index contributed by atoms with van der Waals surface area (Å²) in [5.74, 6) is -2.37. The van der Waals surface area contributed by atoms with Crippen LogP contribution in [0.1, 0.15) is 51.7 Å². The highest BCUT2D eigenvalue weighted by molar-refractivity contribution is 6.24. The van der Waals surface area contributed by atoms with Gasteiger partial charge in [-0.05, 0) is 31.0 Å². The maximum absolute atomic E-state index is 13.3. The quantitative estimate of drug-likeness (QED) is 0.570. The van der Waals surface area contributed by atoms with E-state index in [1.807, 2.05) is 6.07 Å². The van der Waals surface area contributed by atoms with Crippen LogP contribution >= 0.6 is 0 Å². The summed E-state index contributed by atoms with van der Waals surface area (Å²) in [5.41, 5.74) is -0.0492. The Labute approximate surface area is 187 Å². The Morgan fingerprint density at radius 2 is 1.79 bits per heavy atom. The van der Waals surface area contributed by atoms with Crippen molar-refractivity contribution in [3.8, 4) is 5.69 Å². The average molecular weight is 445 g/mol. The van der Waals surface area contributed by atoms with Gasteiger partial charge in [0, 0.05) is 6.42 Å². The normalized spacial score (nSPS) is 19.9. The van der Waals surface area contributed by atoms with Gasteiger partial charge in [0.15, 0.2) is 0 Å². The summed E-state index contributed by atoms with van der Waals surface area (Å²) in [6, 6.07) is 12.6. The predicted molar refractivity (Wildman–Crippen MR) is 113 cm³/mol. The fourth-order valence-corrected chi connectivity index (χ4v) is 4.20. The molecule has 1 saturated heterocycles. The number of imide groups is 2. The van der Waals surface area contributed by atoms with E-state index in [-0.39, 0.29) is 29.7 Å². The summed E-state index contributed by atoms with van der Waals surface area (Å²) in [4.78, 5) is 51.0. The lowest BCUT2D eigenvalue weighted by molar-refractivity contribution is -0.136. The van der Waals surface area contributed by atoms with E-state index >= 15 is 0 Å². The number of aromatic nitrogens is 3. The third-order valence-corrected chi connectivity index (χ3v) is 6.02. The minimum atomic E-state index is -1.43. The molecule has 0 aliphatic carbocycles. The van der Waals surface area contributed by atoms with Crippen LogP contribution in [0.25, 0.3) is 5.69 Å². The summed E-state index contributed by atoms with van der Waals surface area (Å²) in [7, 11) is 0. The number of carbonyl (C=O) groups is 4. The van der Waals surface area contributed by atoms with Gasteiger partial charge in [-0.15, -0.1) is 5.10 Å². The zero-order valence-corrected chi connectivity index (χ0v) is 17.6. The molecule has 1 fully saturated rings. The number of piperidine rings is 1. The van der Waals surface area contributed by atoms with Crippen molar-refractivity contribution in [2.45, 2.75) is 31.4 Å². The molecule has 33 heavy (non-hydrogen) atoms. The zero-order chi connectivity index (χ0) is 23.3. The Hall–Kier alpha value is -4.18. The first-order valence-corrected chi connectivity index (χ1v) is 10.3. The predicted octanol–water partition coefficient (Wildman–Crippen LogP) is 0.924.